The van der Waals surface area contributed by atoms with Crippen molar-refractivity contribution in [3.8, 4) is 0 Å². The Bertz CT molecular complexity index is 789. The van der Waals surface area contributed by atoms with Gasteiger partial charge in [0.15, 0.2) is 5.96 Å². The molecule has 0 bridgehead atoms. The van der Waals surface area contributed by atoms with Crippen molar-refractivity contribution in [1.82, 2.24) is 15.1 Å². The van der Waals surface area contributed by atoms with Gasteiger partial charge < -0.3 is 30.1 Å². The molecule has 1 unspecified atom stereocenters. The number of piperazine rings is 1. The zero-order chi connectivity index (χ0) is 22.8. The number of carboxylic acid groups (broad SMARTS) is 1. The number of carboxylic acids is 1. The van der Waals surface area contributed by atoms with E-state index in [0.29, 0.717) is 51.0 Å². The van der Waals surface area contributed by atoms with E-state index < -0.39 is 5.97 Å². The average Bonchev–Trinajstić information content (AvgIpc) is 3.31. The lowest BCUT2D eigenvalue weighted by Crippen LogP contribution is -2.52. The zero-order valence-electron chi connectivity index (χ0n) is 18.6. The summed E-state index contributed by atoms with van der Waals surface area (Å²) >= 11 is 0. The molecule has 10 nitrogen and oxygen atoms in total. The van der Waals surface area contributed by atoms with Crippen LogP contribution in [0.2, 0.25) is 0 Å². The number of carbonyl (C=O) groups excluding carboxylic acids is 1. The number of guanidine groups is 1. The molecule has 2 heterocycles. The van der Waals surface area contributed by atoms with Crippen molar-refractivity contribution in [3.05, 3.63) is 29.8 Å². The van der Waals surface area contributed by atoms with E-state index in [9.17, 15) is 14.7 Å². The normalized spacial score (nSPS) is 19.7. The van der Waals surface area contributed by atoms with Gasteiger partial charge in [-0.1, -0.05) is 6.07 Å². The molecule has 10 heteroatoms. The van der Waals surface area contributed by atoms with Crippen LogP contribution >= 0.6 is 0 Å². The third kappa shape index (κ3) is 7.47. The summed E-state index contributed by atoms with van der Waals surface area (Å²) < 4.78 is 10.7. The highest BCUT2D eigenvalue weighted by Gasteiger charge is 2.23. The SMILES string of the molecule is COCCNC(=O)CN1CCN(C(=NCC2CCCO2)Nc2cccc(C(=O)O)c2)CC1. The number of carbonyl (C=O) groups is 2. The predicted molar refractivity (Wildman–Crippen MR) is 121 cm³/mol. The number of anilines is 1. The van der Waals surface area contributed by atoms with Crippen LogP contribution in [0.1, 0.15) is 23.2 Å². The molecule has 0 radical (unpaired) electrons. The molecule has 0 saturated carbocycles. The Morgan fingerprint density at radius 1 is 1.28 bits per heavy atom. The Labute approximate surface area is 188 Å². The van der Waals surface area contributed by atoms with Gasteiger partial charge in [0.05, 0.1) is 31.4 Å². The zero-order valence-corrected chi connectivity index (χ0v) is 18.6. The van der Waals surface area contributed by atoms with E-state index >= 15 is 0 Å². The van der Waals surface area contributed by atoms with Gasteiger partial charge in [-0.25, -0.2) is 4.79 Å². The van der Waals surface area contributed by atoms with Gasteiger partial charge in [0.1, 0.15) is 0 Å². The number of nitrogens with zero attached hydrogens (tertiary/aromatic N) is 3. The molecule has 1 aromatic carbocycles. The molecule has 176 valence electrons. The van der Waals surface area contributed by atoms with Gasteiger partial charge in [0.25, 0.3) is 0 Å². The maximum Gasteiger partial charge on any atom is 0.335 e. The summed E-state index contributed by atoms with van der Waals surface area (Å²) in [4.78, 5) is 32.4. The van der Waals surface area contributed by atoms with Crippen LogP contribution < -0.4 is 10.6 Å². The smallest absolute Gasteiger partial charge is 0.335 e. The first-order chi connectivity index (χ1) is 15.5. The predicted octanol–water partition coefficient (Wildman–Crippen LogP) is 0.712. The summed E-state index contributed by atoms with van der Waals surface area (Å²) in [5, 5.41) is 15.4. The number of benzene rings is 1. The number of amides is 1. The van der Waals surface area contributed by atoms with E-state index in [1.807, 2.05) is 6.07 Å². The molecule has 2 aliphatic rings. The fourth-order valence-electron chi connectivity index (χ4n) is 3.72. The molecule has 3 rings (SSSR count). The van der Waals surface area contributed by atoms with Crippen molar-refractivity contribution in [2.24, 2.45) is 4.99 Å². The molecule has 32 heavy (non-hydrogen) atoms. The van der Waals surface area contributed by atoms with E-state index in [1.165, 1.54) is 0 Å². The number of hydrogen-bond donors (Lipinski definition) is 3. The Hall–Kier alpha value is -2.69. The van der Waals surface area contributed by atoms with Crippen LogP contribution in [0, 0.1) is 0 Å². The molecule has 1 aromatic rings. The molecule has 0 aromatic heterocycles. The van der Waals surface area contributed by atoms with Gasteiger partial charge in [-0.05, 0) is 31.0 Å². The van der Waals surface area contributed by atoms with Crippen LogP contribution in [0.5, 0.6) is 0 Å². The Morgan fingerprint density at radius 3 is 2.78 bits per heavy atom. The number of ether oxygens (including phenoxy) is 2. The van der Waals surface area contributed by atoms with Gasteiger partial charge in [0, 0.05) is 52.1 Å². The summed E-state index contributed by atoms with van der Waals surface area (Å²) in [7, 11) is 1.61. The highest BCUT2D eigenvalue weighted by molar-refractivity contribution is 5.96. The topological polar surface area (TPSA) is 116 Å². The van der Waals surface area contributed by atoms with Gasteiger partial charge in [-0.2, -0.15) is 0 Å². The lowest BCUT2D eigenvalue weighted by Gasteiger charge is -2.36. The number of aromatic carboxylic acids is 1. The van der Waals surface area contributed by atoms with Crippen molar-refractivity contribution < 1.29 is 24.2 Å². The number of rotatable bonds is 9. The number of methoxy groups -OCH3 is 1. The first-order valence-electron chi connectivity index (χ1n) is 11.0. The quantitative estimate of drug-likeness (QED) is 0.288. The lowest BCUT2D eigenvalue weighted by atomic mass is 10.2. The minimum absolute atomic E-state index is 0.00798. The van der Waals surface area contributed by atoms with Gasteiger partial charge in [-0.15, -0.1) is 0 Å². The first kappa shape index (κ1) is 24.0. The average molecular weight is 448 g/mol. The minimum Gasteiger partial charge on any atom is -0.478 e. The Kier molecular flexibility index (Phi) is 9.27. The molecule has 2 aliphatic heterocycles. The van der Waals surface area contributed by atoms with Crippen molar-refractivity contribution in [3.63, 3.8) is 0 Å². The van der Waals surface area contributed by atoms with Crippen LogP contribution in [-0.2, 0) is 14.3 Å². The number of hydrogen-bond acceptors (Lipinski definition) is 6. The second-order valence-corrected chi connectivity index (χ2v) is 7.92. The second kappa shape index (κ2) is 12.4. The fraction of sp³-hybridized carbons (Fsp3) is 0.591. The molecule has 3 N–H and O–H groups in total. The molecular weight excluding hydrogens is 414 g/mol. The summed E-state index contributed by atoms with van der Waals surface area (Å²) in [6.07, 6.45) is 2.17. The van der Waals surface area contributed by atoms with Crippen molar-refractivity contribution in [2.75, 3.05) is 71.5 Å². The third-order valence-corrected chi connectivity index (χ3v) is 5.50. The van der Waals surface area contributed by atoms with Gasteiger partial charge >= 0.3 is 5.97 Å². The van der Waals surface area contributed by atoms with Crippen molar-refractivity contribution in [1.29, 1.82) is 0 Å². The highest BCUT2D eigenvalue weighted by Crippen LogP contribution is 2.15. The molecule has 0 spiro atoms. The molecular formula is C22H33N5O5. The molecule has 1 atom stereocenters. The van der Waals surface area contributed by atoms with Gasteiger partial charge in [-0.3, -0.25) is 14.7 Å². The first-order valence-corrected chi connectivity index (χ1v) is 11.0. The lowest BCUT2D eigenvalue weighted by molar-refractivity contribution is -0.122. The van der Waals surface area contributed by atoms with Crippen LogP contribution in [-0.4, -0.2) is 105 Å². The van der Waals surface area contributed by atoms with Crippen LogP contribution in [0.4, 0.5) is 5.69 Å². The van der Waals surface area contributed by atoms with E-state index in [-0.39, 0.29) is 17.6 Å². The van der Waals surface area contributed by atoms with Crippen molar-refractivity contribution >= 4 is 23.5 Å². The van der Waals surface area contributed by atoms with Crippen LogP contribution in [0.25, 0.3) is 0 Å². The van der Waals surface area contributed by atoms with E-state index in [0.717, 1.165) is 32.5 Å². The van der Waals surface area contributed by atoms with Gasteiger partial charge in [0.2, 0.25) is 5.91 Å². The molecule has 0 aliphatic carbocycles. The monoisotopic (exact) mass is 447 g/mol. The van der Waals surface area contributed by atoms with E-state index in [2.05, 4.69) is 20.4 Å². The maximum absolute atomic E-state index is 12.1. The molecule has 2 fully saturated rings. The highest BCUT2D eigenvalue weighted by atomic mass is 16.5. The minimum atomic E-state index is -0.969. The Balaban J connectivity index is 1.60. The summed E-state index contributed by atoms with van der Waals surface area (Å²) in [6, 6.07) is 6.70. The maximum atomic E-state index is 12.1. The third-order valence-electron chi connectivity index (χ3n) is 5.50. The van der Waals surface area contributed by atoms with Crippen LogP contribution in [0.3, 0.4) is 0 Å². The Morgan fingerprint density at radius 2 is 2.09 bits per heavy atom. The van der Waals surface area contributed by atoms with Crippen LogP contribution in [0.15, 0.2) is 29.3 Å². The van der Waals surface area contributed by atoms with Crippen molar-refractivity contribution in [2.45, 2.75) is 18.9 Å². The summed E-state index contributed by atoms with van der Waals surface area (Å²) in [6.45, 7) is 5.57. The summed E-state index contributed by atoms with van der Waals surface area (Å²) in [5.41, 5.74) is 0.897. The molecule has 1 amide bonds. The number of aliphatic imine (C=N–C) groups is 1. The van der Waals surface area contributed by atoms with E-state index in [4.69, 9.17) is 14.5 Å². The largest absolute Gasteiger partial charge is 0.478 e. The van der Waals surface area contributed by atoms with E-state index in [1.54, 1.807) is 25.3 Å². The fourth-order valence-corrected chi connectivity index (χ4v) is 3.72. The molecule has 2 saturated heterocycles. The number of nitrogens with one attached hydrogen (secondary N) is 2. The second-order valence-electron chi connectivity index (χ2n) is 7.92. The summed E-state index contributed by atoms with van der Waals surface area (Å²) in [5.74, 6) is -0.275. The standard InChI is InChI=1S/C22H33N5O5/c1-31-13-7-23-20(28)16-26-8-10-27(11-9-26)22(24-15-19-6-3-12-32-19)25-18-5-2-4-17(14-18)21(29)30/h2,4-5,14,19H,3,6-13,15-16H2,1H3,(H,23,28)(H,24,25)(H,29,30).